The molecule has 0 aromatic rings. The first kappa shape index (κ1) is 15.9. The van der Waals surface area contributed by atoms with Gasteiger partial charge in [-0.25, -0.2) is 0 Å². The molecule has 0 radical (unpaired) electrons. The number of rotatable bonds is 2. The van der Waals surface area contributed by atoms with Crippen LogP contribution in [-0.4, -0.2) is 41.6 Å². The average molecular weight is 320 g/mol. The maximum atomic E-state index is 12.3. The molecule has 1 heterocycles. The van der Waals surface area contributed by atoms with Gasteiger partial charge in [0.2, 0.25) is 0 Å². The van der Waals surface area contributed by atoms with Crippen LogP contribution in [0.3, 0.4) is 0 Å². The summed E-state index contributed by atoms with van der Waals surface area (Å²) in [5.41, 5.74) is 1.95. The molecular weight excluding hydrogens is 300 g/mol. The maximum absolute atomic E-state index is 12.3. The topological polar surface area (TPSA) is 89.9 Å². The zero-order valence-corrected chi connectivity index (χ0v) is 13.4. The van der Waals surface area contributed by atoms with Crippen LogP contribution in [-0.2, 0) is 23.9 Å². The fraction of sp³-hybridized carbons (Fsp3) is 0.588. The smallest absolute Gasteiger partial charge is 0.309 e. The van der Waals surface area contributed by atoms with E-state index in [0.717, 1.165) is 5.57 Å². The van der Waals surface area contributed by atoms with Gasteiger partial charge in [-0.1, -0.05) is 12.5 Å². The number of ketones is 1. The van der Waals surface area contributed by atoms with Gasteiger partial charge in [0.05, 0.1) is 12.5 Å². The van der Waals surface area contributed by atoms with Crippen molar-refractivity contribution >= 4 is 17.7 Å². The van der Waals surface area contributed by atoms with Gasteiger partial charge in [0.25, 0.3) is 0 Å². The summed E-state index contributed by atoms with van der Waals surface area (Å²) < 4.78 is 11.0. The van der Waals surface area contributed by atoms with E-state index in [1.54, 1.807) is 6.92 Å². The zero-order valence-electron chi connectivity index (χ0n) is 13.4. The fourth-order valence-corrected chi connectivity index (χ4v) is 4.14. The number of hydrogen-bond donors (Lipinski definition) is 1. The summed E-state index contributed by atoms with van der Waals surface area (Å²) in [5.74, 6) is -2.12. The minimum Gasteiger partial charge on any atom is -0.462 e. The highest BCUT2D eigenvalue weighted by Gasteiger charge is 2.55. The van der Waals surface area contributed by atoms with Crippen molar-refractivity contribution < 1.29 is 29.0 Å². The van der Waals surface area contributed by atoms with E-state index in [0.29, 0.717) is 17.6 Å². The van der Waals surface area contributed by atoms with Crippen LogP contribution in [0.4, 0.5) is 0 Å². The predicted octanol–water partition coefficient (Wildman–Crippen LogP) is 0.934. The number of aliphatic hydroxyl groups is 1. The zero-order chi connectivity index (χ0) is 16.9. The standard InChI is InChI=1S/C17H20O6/c1-7-4-12(22-9(3)19)14-8(2)17(21)23-16(14)15-10(6-18)5-11(20)13(7)15/h5,8,12,14-16,18H,4,6H2,1-3H3/t8-,12+,14+,15-,16-/m0/s1. The third-order valence-corrected chi connectivity index (χ3v) is 5.10. The van der Waals surface area contributed by atoms with E-state index in [9.17, 15) is 19.5 Å². The second-order valence-corrected chi connectivity index (χ2v) is 6.53. The van der Waals surface area contributed by atoms with E-state index in [1.807, 2.05) is 6.92 Å². The molecule has 23 heavy (non-hydrogen) atoms. The third-order valence-electron chi connectivity index (χ3n) is 5.10. The van der Waals surface area contributed by atoms with Crippen molar-refractivity contribution in [1.82, 2.24) is 0 Å². The Bertz CT molecular complexity index is 643. The summed E-state index contributed by atoms with van der Waals surface area (Å²) in [5, 5.41) is 9.59. The molecule has 0 aromatic heterocycles. The molecule has 0 unspecified atom stereocenters. The first-order chi connectivity index (χ1) is 10.8. The second kappa shape index (κ2) is 5.60. The van der Waals surface area contributed by atoms with Crippen molar-refractivity contribution in [2.24, 2.45) is 17.8 Å². The SMILES string of the molecule is CC(=O)O[C@@H]1CC(C)=C2C(=O)C=C(CO)[C@@H]2[C@H]2OC(=O)[C@@H](C)[C@@H]21. The summed E-state index contributed by atoms with van der Waals surface area (Å²) in [6.07, 6.45) is 0.735. The Labute approximate surface area is 134 Å². The van der Waals surface area contributed by atoms with Crippen molar-refractivity contribution in [3.63, 3.8) is 0 Å². The van der Waals surface area contributed by atoms with Crippen molar-refractivity contribution in [3.8, 4) is 0 Å². The number of carbonyl (C=O) groups is 3. The summed E-state index contributed by atoms with van der Waals surface area (Å²) in [7, 11) is 0. The number of fused-ring (bicyclic) bond motifs is 3. The van der Waals surface area contributed by atoms with E-state index in [-0.39, 0.29) is 24.3 Å². The summed E-state index contributed by atoms with van der Waals surface area (Å²) >= 11 is 0. The lowest BCUT2D eigenvalue weighted by Crippen LogP contribution is -2.38. The van der Waals surface area contributed by atoms with E-state index in [1.165, 1.54) is 13.0 Å². The van der Waals surface area contributed by atoms with Gasteiger partial charge >= 0.3 is 11.9 Å². The summed E-state index contributed by atoms with van der Waals surface area (Å²) in [6, 6.07) is 0. The Balaban J connectivity index is 2.09. The van der Waals surface area contributed by atoms with Crippen LogP contribution in [0.2, 0.25) is 0 Å². The lowest BCUT2D eigenvalue weighted by Gasteiger charge is -2.29. The van der Waals surface area contributed by atoms with Crippen molar-refractivity contribution in [2.45, 2.75) is 39.4 Å². The van der Waals surface area contributed by atoms with Gasteiger partial charge in [-0.3, -0.25) is 14.4 Å². The summed E-state index contributed by atoms with van der Waals surface area (Å²) in [6.45, 7) is 4.65. The van der Waals surface area contributed by atoms with Gasteiger partial charge in [-0.15, -0.1) is 0 Å². The highest BCUT2D eigenvalue weighted by atomic mass is 16.6. The monoisotopic (exact) mass is 320 g/mol. The molecule has 1 saturated heterocycles. The molecule has 0 aromatic carbocycles. The molecule has 6 nitrogen and oxygen atoms in total. The first-order valence-electron chi connectivity index (χ1n) is 7.78. The van der Waals surface area contributed by atoms with Gasteiger partial charge < -0.3 is 14.6 Å². The van der Waals surface area contributed by atoms with Crippen LogP contribution >= 0.6 is 0 Å². The molecule has 2 aliphatic carbocycles. The number of allylic oxidation sites excluding steroid dienone is 1. The largest absolute Gasteiger partial charge is 0.462 e. The molecule has 6 heteroatoms. The maximum Gasteiger partial charge on any atom is 0.309 e. The number of hydrogen-bond acceptors (Lipinski definition) is 6. The van der Waals surface area contributed by atoms with Crippen LogP contribution in [0.5, 0.6) is 0 Å². The van der Waals surface area contributed by atoms with Crippen LogP contribution in [0.25, 0.3) is 0 Å². The lowest BCUT2D eigenvalue weighted by molar-refractivity contribution is -0.150. The molecular formula is C17H20O6. The Hall–Kier alpha value is -1.95. The van der Waals surface area contributed by atoms with Crippen LogP contribution in [0.15, 0.2) is 22.8 Å². The normalized spacial score (nSPS) is 36.2. The lowest BCUT2D eigenvalue weighted by atomic mass is 9.79. The van der Waals surface area contributed by atoms with E-state index < -0.39 is 30.0 Å². The highest BCUT2D eigenvalue weighted by Crippen LogP contribution is 2.48. The average Bonchev–Trinajstić information content (AvgIpc) is 2.91. The molecule has 124 valence electrons. The first-order valence-corrected chi connectivity index (χ1v) is 7.78. The molecule has 1 fully saturated rings. The highest BCUT2D eigenvalue weighted by molar-refractivity contribution is 6.09. The number of carbonyl (C=O) groups excluding carboxylic acids is 3. The van der Waals surface area contributed by atoms with Gasteiger partial charge in [0.15, 0.2) is 5.78 Å². The molecule has 0 amide bonds. The van der Waals surface area contributed by atoms with E-state index in [2.05, 4.69) is 0 Å². The summed E-state index contributed by atoms with van der Waals surface area (Å²) in [4.78, 5) is 35.9. The number of ether oxygens (including phenoxy) is 2. The van der Waals surface area contributed by atoms with Gasteiger partial charge in [0, 0.05) is 30.8 Å². The number of esters is 2. The van der Waals surface area contributed by atoms with Crippen LogP contribution in [0, 0.1) is 17.8 Å². The Kier molecular flexibility index (Phi) is 3.88. The van der Waals surface area contributed by atoms with Crippen molar-refractivity contribution in [2.75, 3.05) is 6.61 Å². The fourth-order valence-electron chi connectivity index (χ4n) is 4.14. The van der Waals surface area contributed by atoms with E-state index in [4.69, 9.17) is 9.47 Å². The molecule has 3 rings (SSSR count). The van der Waals surface area contributed by atoms with Gasteiger partial charge in [0.1, 0.15) is 12.2 Å². The van der Waals surface area contributed by atoms with Crippen LogP contribution in [0.1, 0.15) is 27.2 Å². The molecule has 3 aliphatic rings. The second-order valence-electron chi connectivity index (χ2n) is 6.53. The molecule has 1 aliphatic heterocycles. The molecule has 0 bridgehead atoms. The van der Waals surface area contributed by atoms with Gasteiger partial charge in [-0.05, 0) is 18.6 Å². The minimum atomic E-state index is -0.584. The quantitative estimate of drug-likeness (QED) is 0.761. The molecule has 0 saturated carbocycles. The van der Waals surface area contributed by atoms with Crippen molar-refractivity contribution in [1.29, 1.82) is 0 Å². The number of aliphatic hydroxyl groups excluding tert-OH is 1. The predicted molar refractivity (Wildman–Crippen MR) is 79.1 cm³/mol. The molecule has 1 N–H and O–H groups in total. The minimum absolute atomic E-state index is 0.158. The van der Waals surface area contributed by atoms with Gasteiger partial charge in [-0.2, -0.15) is 0 Å². The molecule has 5 atom stereocenters. The van der Waals surface area contributed by atoms with Crippen LogP contribution < -0.4 is 0 Å². The Morgan fingerprint density at radius 2 is 2.13 bits per heavy atom. The molecule has 0 spiro atoms. The Morgan fingerprint density at radius 3 is 2.74 bits per heavy atom. The van der Waals surface area contributed by atoms with Crippen molar-refractivity contribution in [3.05, 3.63) is 22.8 Å². The van der Waals surface area contributed by atoms with E-state index >= 15 is 0 Å². The third kappa shape index (κ3) is 2.41. The Morgan fingerprint density at radius 1 is 1.43 bits per heavy atom.